The molecular formula is C9H7NSSe. The topological polar surface area (TPSA) is 23.9 Å². The van der Waals surface area contributed by atoms with E-state index >= 15 is 0 Å². The maximum atomic E-state index is 7.47. The number of benzene rings is 1. The standard InChI is InChI=1S/C9H7NSSe/c10-9-11-8(6-12-9)7-4-2-1-3-5-7/h1-6,10H. The molecule has 1 aromatic carbocycles. The molecule has 2 rings (SSSR count). The Balaban J connectivity index is 2.51. The average Bonchev–Trinajstić information content (AvgIpc) is 2.54. The zero-order valence-corrected chi connectivity index (χ0v) is 8.81. The van der Waals surface area contributed by atoms with Gasteiger partial charge in [0.25, 0.3) is 0 Å². The molecule has 0 amide bonds. The van der Waals surface area contributed by atoms with Gasteiger partial charge >= 0.3 is 80.5 Å². The minimum atomic E-state index is 0.288. The van der Waals surface area contributed by atoms with Gasteiger partial charge in [0.2, 0.25) is 0 Å². The first-order chi connectivity index (χ1) is 5.86. The van der Waals surface area contributed by atoms with E-state index in [-0.39, 0.29) is 14.5 Å². The minimum absolute atomic E-state index is 0.288. The van der Waals surface area contributed by atoms with Crippen molar-refractivity contribution >= 4 is 25.8 Å². The van der Waals surface area contributed by atoms with Crippen LogP contribution in [0.1, 0.15) is 0 Å². The second-order valence-electron chi connectivity index (χ2n) is 2.36. The van der Waals surface area contributed by atoms with E-state index in [0.717, 1.165) is 3.54 Å². The predicted molar refractivity (Wildman–Crippen MR) is 52.5 cm³/mol. The fraction of sp³-hybridized carbons (Fsp3) is 0. The fourth-order valence-corrected chi connectivity index (χ4v) is 3.94. The van der Waals surface area contributed by atoms with Gasteiger partial charge in [-0.15, -0.1) is 0 Å². The van der Waals surface area contributed by atoms with E-state index in [1.165, 1.54) is 10.4 Å². The average molecular weight is 240 g/mol. The Bertz CT molecular complexity index is 415. The Kier molecular flexibility index (Phi) is 2.26. The SMILES string of the molecule is N=c1sc(-c2ccccc2)c[se]1. The van der Waals surface area contributed by atoms with E-state index in [4.69, 9.17) is 5.41 Å². The predicted octanol–water partition coefficient (Wildman–Crippen LogP) is 1.95. The quantitative estimate of drug-likeness (QED) is 0.737. The van der Waals surface area contributed by atoms with Gasteiger partial charge in [0.1, 0.15) is 0 Å². The fourth-order valence-electron chi connectivity index (χ4n) is 0.984. The van der Waals surface area contributed by atoms with Crippen molar-refractivity contribution in [2.24, 2.45) is 0 Å². The van der Waals surface area contributed by atoms with E-state index in [0.29, 0.717) is 0 Å². The van der Waals surface area contributed by atoms with Gasteiger partial charge in [-0.2, -0.15) is 0 Å². The third kappa shape index (κ3) is 1.58. The summed E-state index contributed by atoms with van der Waals surface area (Å²) < 4.78 is 0.807. The number of hydrogen-bond acceptors (Lipinski definition) is 2. The van der Waals surface area contributed by atoms with E-state index in [9.17, 15) is 0 Å². The molecule has 0 spiro atoms. The van der Waals surface area contributed by atoms with Gasteiger partial charge in [-0.25, -0.2) is 0 Å². The Morgan fingerprint density at radius 2 is 1.92 bits per heavy atom. The van der Waals surface area contributed by atoms with Crippen LogP contribution >= 0.6 is 11.3 Å². The zero-order valence-electron chi connectivity index (χ0n) is 6.28. The van der Waals surface area contributed by atoms with Crippen molar-refractivity contribution in [2.75, 3.05) is 0 Å². The van der Waals surface area contributed by atoms with Gasteiger partial charge in [-0.1, -0.05) is 0 Å². The van der Waals surface area contributed by atoms with Crippen LogP contribution < -0.4 is 3.54 Å². The molecule has 0 saturated carbocycles. The molecule has 1 aromatic heterocycles. The molecule has 60 valence electrons. The summed E-state index contributed by atoms with van der Waals surface area (Å²) in [5.41, 5.74) is 1.24. The van der Waals surface area contributed by atoms with E-state index in [1.807, 2.05) is 18.2 Å². The second-order valence-corrected chi connectivity index (χ2v) is 5.84. The van der Waals surface area contributed by atoms with Gasteiger partial charge in [0.15, 0.2) is 0 Å². The molecule has 0 atom stereocenters. The summed E-state index contributed by atoms with van der Waals surface area (Å²) >= 11 is 1.88. The summed E-state index contributed by atoms with van der Waals surface area (Å²) in [5, 5.41) is 7.47. The van der Waals surface area contributed by atoms with Crippen LogP contribution in [0.15, 0.2) is 35.3 Å². The Morgan fingerprint density at radius 3 is 2.50 bits per heavy atom. The summed E-state index contributed by atoms with van der Waals surface area (Å²) in [7, 11) is 0. The third-order valence-corrected chi connectivity index (χ3v) is 4.85. The molecule has 0 radical (unpaired) electrons. The first-order valence-corrected chi connectivity index (χ1v) is 6.21. The Morgan fingerprint density at radius 1 is 1.17 bits per heavy atom. The van der Waals surface area contributed by atoms with E-state index in [2.05, 4.69) is 17.1 Å². The Hall–Kier alpha value is -0.631. The number of rotatable bonds is 1. The van der Waals surface area contributed by atoms with Crippen molar-refractivity contribution in [3.63, 3.8) is 0 Å². The molecule has 0 aliphatic rings. The van der Waals surface area contributed by atoms with Gasteiger partial charge in [-0.3, -0.25) is 0 Å². The van der Waals surface area contributed by atoms with Crippen LogP contribution in [0.2, 0.25) is 0 Å². The molecular weight excluding hydrogens is 233 g/mol. The van der Waals surface area contributed by atoms with E-state index < -0.39 is 0 Å². The van der Waals surface area contributed by atoms with Crippen molar-refractivity contribution in [3.8, 4) is 10.4 Å². The van der Waals surface area contributed by atoms with Crippen LogP contribution in [0, 0.1) is 5.41 Å². The molecule has 0 bridgehead atoms. The first-order valence-electron chi connectivity index (χ1n) is 3.55. The summed E-state index contributed by atoms with van der Waals surface area (Å²) in [6.45, 7) is 0. The second kappa shape index (κ2) is 3.40. The first kappa shape index (κ1) is 7.99. The molecule has 1 nitrogen and oxygen atoms in total. The van der Waals surface area contributed by atoms with Gasteiger partial charge < -0.3 is 0 Å². The van der Waals surface area contributed by atoms with Crippen LogP contribution in [0.4, 0.5) is 0 Å². The summed E-state index contributed by atoms with van der Waals surface area (Å²) in [5.74, 6) is 0. The number of nitrogens with one attached hydrogen (secondary N) is 1. The van der Waals surface area contributed by atoms with Crippen LogP contribution in [0.5, 0.6) is 0 Å². The molecule has 12 heavy (non-hydrogen) atoms. The molecule has 0 saturated heterocycles. The molecule has 0 unspecified atom stereocenters. The zero-order chi connectivity index (χ0) is 8.39. The van der Waals surface area contributed by atoms with Crippen molar-refractivity contribution in [2.45, 2.75) is 0 Å². The van der Waals surface area contributed by atoms with Crippen molar-refractivity contribution < 1.29 is 0 Å². The molecule has 0 aliphatic heterocycles. The molecule has 3 heteroatoms. The molecule has 0 aliphatic carbocycles. The van der Waals surface area contributed by atoms with Crippen molar-refractivity contribution in [1.29, 1.82) is 5.41 Å². The summed E-state index contributed by atoms with van der Waals surface area (Å²) in [4.78, 5) is 3.43. The van der Waals surface area contributed by atoms with Crippen LogP contribution in [0.25, 0.3) is 10.4 Å². The van der Waals surface area contributed by atoms with Crippen LogP contribution in [-0.2, 0) is 0 Å². The van der Waals surface area contributed by atoms with Gasteiger partial charge in [-0.05, 0) is 0 Å². The van der Waals surface area contributed by atoms with Gasteiger partial charge in [0.05, 0.1) is 0 Å². The molecule has 1 N–H and O–H groups in total. The maximum absolute atomic E-state index is 7.47. The van der Waals surface area contributed by atoms with Crippen molar-refractivity contribution in [1.82, 2.24) is 0 Å². The summed E-state index contributed by atoms with van der Waals surface area (Å²) in [6.07, 6.45) is 0. The van der Waals surface area contributed by atoms with Gasteiger partial charge in [0, 0.05) is 0 Å². The third-order valence-electron chi connectivity index (χ3n) is 1.53. The summed E-state index contributed by atoms with van der Waals surface area (Å²) in [6, 6.07) is 10.3. The number of hydrogen-bond donors (Lipinski definition) is 1. The van der Waals surface area contributed by atoms with Crippen molar-refractivity contribution in [3.05, 3.63) is 38.8 Å². The normalized spacial score (nSPS) is 10.0. The van der Waals surface area contributed by atoms with Crippen LogP contribution in [0.3, 0.4) is 0 Å². The van der Waals surface area contributed by atoms with E-state index in [1.54, 1.807) is 11.3 Å². The molecule has 2 aromatic rings. The monoisotopic (exact) mass is 241 g/mol. The Labute approximate surface area is 80.6 Å². The molecule has 0 fully saturated rings. The van der Waals surface area contributed by atoms with Crippen LogP contribution in [-0.4, -0.2) is 14.5 Å². The molecule has 1 heterocycles.